The Morgan fingerprint density at radius 1 is 1.14 bits per heavy atom. The highest BCUT2D eigenvalue weighted by molar-refractivity contribution is 5.70. The highest BCUT2D eigenvalue weighted by Gasteiger charge is 2.08. The molecule has 1 aliphatic rings. The van der Waals surface area contributed by atoms with Gasteiger partial charge in [-0.1, -0.05) is 24.3 Å². The number of benzene rings is 1. The maximum Gasteiger partial charge on any atom is 0.305 e. The molecular weight excluding hydrogens is 176 g/mol. The fraction of sp³-hybridized carbons (Fsp3) is 0.417. The van der Waals surface area contributed by atoms with Crippen molar-refractivity contribution in [3.8, 4) is 0 Å². The molecule has 1 aliphatic heterocycles. The monoisotopic (exact) mass is 192 g/mol. The number of hydrogen-bond donors (Lipinski definition) is 0. The third-order valence-electron chi connectivity index (χ3n) is 2.21. The molecule has 0 bridgehead atoms. The van der Waals surface area contributed by atoms with E-state index in [1.807, 2.05) is 0 Å². The van der Waals surface area contributed by atoms with Gasteiger partial charge in [0.1, 0.15) is 0 Å². The summed E-state index contributed by atoms with van der Waals surface area (Å²) in [6.07, 6.45) is 1.54. The fourth-order valence-corrected chi connectivity index (χ4v) is 1.14. The second kappa shape index (κ2) is 5.43. The van der Waals surface area contributed by atoms with Gasteiger partial charge in [-0.2, -0.15) is 0 Å². The molecule has 1 aromatic carbocycles. The molecule has 0 unspecified atom stereocenters. The van der Waals surface area contributed by atoms with E-state index in [1.165, 1.54) is 11.1 Å². The molecule has 0 aromatic heterocycles. The molecule has 0 atom stereocenters. The number of hydrogen-bond acceptors (Lipinski definition) is 2. The zero-order valence-electron chi connectivity index (χ0n) is 8.75. The first-order chi connectivity index (χ1) is 6.70. The first-order valence-corrected chi connectivity index (χ1v) is 4.88. The van der Waals surface area contributed by atoms with Crippen LogP contribution in [0.25, 0.3) is 0 Å². The first-order valence-electron chi connectivity index (χ1n) is 4.88. The van der Waals surface area contributed by atoms with Crippen LogP contribution in [0.3, 0.4) is 0 Å². The lowest BCUT2D eigenvalue weighted by atomic mass is 10.1. The smallest absolute Gasteiger partial charge is 0.305 e. The summed E-state index contributed by atoms with van der Waals surface area (Å²) >= 11 is 0. The Bertz CT molecular complexity index is 276. The number of ether oxygens (including phenoxy) is 1. The lowest BCUT2D eigenvalue weighted by Crippen LogP contribution is -1.88. The van der Waals surface area contributed by atoms with Crippen LogP contribution in [0.1, 0.15) is 24.0 Å². The number of cyclic esters (lactones) is 1. The van der Waals surface area contributed by atoms with Crippen molar-refractivity contribution in [2.75, 3.05) is 6.61 Å². The van der Waals surface area contributed by atoms with E-state index in [-0.39, 0.29) is 5.97 Å². The second-order valence-corrected chi connectivity index (χ2v) is 3.41. The third-order valence-corrected chi connectivity index (χ3v) is 2.21. The Balaban J connectivity index is 0.000000146. The van der Waals surface area contributed by atoms with E-state index in [2.05, 4.69) is 42.8 Å². The van der Waals surface area contributed by atoms with Gasteiger partial charge < -0.3 is 4.74 Å². The molecule has 14 heavy (non-hydrogen) atoms. The summed E-state index contributed by atoms with van der Waals surface area (Å²) < 4.78 is 4.51. The topological polar surface area (TPSA) is 26.3 Å². The maximum absolute atomic E-state index is 10.0. The summed E-state index contributed by atoms with van der Waals surface area (Å²) in [5, 5.41) is 0. The van der Waals surface area contributed by atoms with Gasteiger partial charge in [0, 0.05) is 6.42 Å². The Morgan fingerprint density at radius 3 is 1.93 bits per heavy atom. The summed E-state index contributed by atoms with van der Waals surface area (Å²) in [6.45, 7) is 4.88. The number of carbonyl (C=O) groups excluding carboxylic acids is 1. The van der Waals surface area contributed by atoms with Gasteiger partial charge in [-0.3, -0.25) is 4.79 Å². The summed E-state index contributed by atoms with van der Waals surface area (Å²) in [6, 6.07) is 8.36. The predicted octanol–water partition coefficient (Wildman–Crippen LogP) is 2.63. The molecule has 0 radical (unpaired) electrons. The zero-order valence-corrected chi connectivity index (χ0v) is 8.75. The van der Waals surface area contributed by atoms with Gasteiger partial charge in [0.15, 0.2) is 0 Å². The van der Waals surface area contributed by atoms with E-state index < -0.39 is 0 Å². The summed E-state index contributed by atoms with van der Waals surface area (Å²) in [7, 11) is 0. The normalized spacial score (nSPS) is 14.3. The highest BCUT2D eigenvalue weighted by atomic mass is 16.5. The van der Waals surface area contributed by atoms with Gasteiger partial charge in [-0.15, -0.1) is 0 Å². The molecule has 2 nitrogen and oxygen atoms in total. The molecule has 1 fully saturated rings. The van der Waals surface area contributed by atoms with Crippen molar-refractivity contribution in [1.29, 1.82) is 0 Å². The van der Waals surface area contributed by atoms with Gasteiger partial charge in [0.2, 0.25) is 0 Å². The van der Waals surface area contributed by atoms with E-state index >= 15 is 0 Å². The van der Waals surface area contributed by atoms with E-state index in [1.54, 1.807) is 0 Å². The Labute approximate surface area is 84.9 Å². The van der Waals surface area contributed by atoms with Crippen LogP contribution in [0.2, 0.25) is 0 Å². The molecule has 0 saturated carbocycles. The van der Waals surface area contributed by atoms with Crippen molar-refractivity contribution in [2.45, 2.75) is 26.7 Å². The van der Waals surface area contributed by atoms with Crippen molar-refractivity contribution in [3.05, 3.63) is 35.4 Å². The Hall–Kier alpha value is -1.31. The lowest BCUT2D eigenvalue weighted by molar-refractivity contribution is -0.137. The number of aryl methyl sites for hydroxylation is 2. The minimum atomic E-state index is -0.0463. The molecule has 76 valence electrons. The van der Waals surface area contributed by atoms with Crippen LogP contribution in [0.5, 0.6) is 0 Å². The van der Waals surface area contributed by atoms with Gasteiger partial charge in [-0.25, -0.2) is 0 Å². The van der Waals surface area contributed by atoms with E-state index in [4.69, 9.17) is 0 Å². The second-order valence-electron chi connectivity index (χ2n) is 3.41. The maximum atomic E-state index is 10.0. The highest BCUT2D eigenvalue weighted by Crippen LogP contribution is 2.02. The van der Waals surface area contributed by atoms with Crippen LogP contribution in [0.15, 0.2) is 24.3 Å². The fourth-order valence-electron chi connectivity index (χ4n) is 1.14. The number of esters is 1. The quantitative estimate of drug-likeness (QED) is 0.591. The third kappa shape index (κ3) is 3.60. The zero-order chi connectivity index (χ0) is 10.4. The van der Waals surface area contributed by atoms with E-state index in [0.29, 0.717) is 13.0 Å². The van der Waals surface area contributed by atoms with Crippen molar-refractivity contribution in [1.82, 2.24) is 0 Å². The first kappa shape index (κ1) is 10.8. The number of rotatable bonds is 0. The molecule has 0 spiro atoms. The average molecular weight is 192 g/mol. The van der Waals surface area contributed by atoms with Crippen LogP contribution in [-0.2, 0) is 9.53 Å². The summed E-state index contributed by atoms with van der Waals surface area (Å²) in [4.78, 5) is 10.0. The van der Waals surface area contributed by atoms with Gasteiger partial charge in [-0.05, 0) is 31.4 Å². The van der Waals surface area contributed by atoms with Crippen molar-refractivity contribution in [3.63, 3.8) is 0 Å². The average Bonchev–Trinajstić information content (AvgIpc) is 2.63. The Morgan fingerprint density at radius 2 is 1.71 bits per heavy atom. The molecule has 1 aromatic rings. The Kier molecular flexibility index (Phi) is 4.17. The minimum absolute atomic E-state index is 0.0463. The standard InChI is InChI=1S/C8H10.C4H6O2/c1-7-5-3-4-6-8(7)2;5-4-2-1-3-6-4/h3-6H,1-2H3;1-3H2. The SMILES string of the molecule is Cc1ccccc1C.O=C1CCCO1. The largest absolute Gasteiger partial charge is 0.466 e. The molecule has 0 aliphatic carbocycles. The molecule has 2 rings (SSSR count). The minimum Gasteiger partial charge on any atom is -0.466 e. The molecule has 1 heterocycles. The van der Waals surface area contributed by atoms with Crippen LogP contribution in [0.4, 0.5) is 0 Å². The van der Waals surface area contributed by atoms with E-state index in [0.717, 1.165) is 6.42 Å². The van der Waals surface area contributed by atoms with Crippen molar-refractivity contribution < 1.29 is 9.53 Å². The van der Waals surface area contributed by atoms with Gasteiger partial charge >= 0.3 is 5.97 Å². The summed E-state index contributed by atoms with van der Waals surface area (Å²) in [5.41, 5.74) is 2.74. The van der Waals surface area contributed by atoms with Crippen LogP contribution in [0, 0.1) is 13.8 Å². The number of carbonyl (C=O) groups is 1. The van der Waals surface area contributed by atoms with Crippen molar-refractivity contribution in [2.24, 2.45) is 0 Å². The van der Waals surface area contributed by atoms with Crippen LogP contribution >= 0.6 is 0 Å². The van der Waals surface area contributed by atoms with E-state index in [9.17, 15) is 4.79 Å². The van der Waals surface area contributed by atoms with Crippen LogP contribution in [-0.4, -0.2) is 12.6 Å². The molecule has 2 heteroatoms. The van der Waals surface area contributed by atoms with Gasteiger partial charge in [0.05, 0.1) is 6.61 Å². The lowest BCUT2D eigenvalue weighted by Gasteiger charge is -1.93. The molecule has 0 N–H and O–H groups in total. The van der Waals surface area contributed by atoms with Gasteiger partial charge in [0.25, 0.3) is 0 Å². The van der Waals surface area contributed by atoms with Crippen LogP contribution < -0.4 is 0 Å². The molecule has 0 amide bonds. The summed E-state index contributed by atoms with van der Waals surface area (Å²) in [5.74, 6) is -0.0463. The molecular formula is C12H16O2. The molecule has 1 saturated heterocycles. The predicted molar refractivity (Wildman–Crippen MR) is 56.1 cm³/mol. The van der Waals surface area contributed by atoms with Crippen molar-refractivity contribution >= 4 is 5.97 Å².